The molecular formula is C12H9F3N2O3. The summed E-state index contributed by atoms with van der Waals surface area (Å²) in [5.74, 6) is -1.60. The lowest BCUT2D eigenvalue weighted by Crippen LogP contribution is -2.12. The lowest BCUT2D eigenvalue weighted by atomic mass is 10.1. The number of aromatic carboxylic acids is 1. The number of carboxylic acid groups (broad SMARTS) is 1. The van der Waals surface area contributed by atoms with Crippen LogP contribution in [0.25, 0.3) is 5.69 Å². The molecule has 0 unspecified atom stereocenters. The summed E-state index contributed by atoms with van der Waals surface area (Å²) in [6.45, 7) is 0. The fraction of sp³-hybridized carbons (Fsp3) is 0.167. The van der Waals surface area contributed by atoms with Gasteiger partial charge >= 0.3 is 12.1 Å². The fourth-order valence-electron chi connectivity index (χ4n) is 1.75. The molecule has 20 heavy (non-hydrogen) atoms. The van der Waals surface area contributed by atoms with Crippen LogP contribution in [0, 0.1) is 0 Å². The minimum absolute atomic E-state index is 0.269. The van der Waals surface area contributed by atoms with E-state index in [0.717, 1.165) is 24.1 Å². The number of aromatic nitrogens is 2. The Morgan fingerprint density at radius 1 is 1.35 bits per heavy atom. The molecule has 1 aromatic carbocycles. The van der Waals surface area contributed by atoms with E-state index in [1.165, 1.54) is 18.2 Å². The smallest absolute Gasteiger partial charge is 0.418 e. The molecule has 0 amide bonds. The average Bonchev–Trinajstić information content (AvgIpc) is 2.81. The third-order valence-corrected chi connectivity index (χ3v) is 2.59. The molecule has 0 aliphatic rings. The second-order valence-corrected chi connectivity index (χ2v) is 3.80. The summed E-state index contributed by atoms with van der Waals surface area (Å²) < 4.78 is 44.5. The predicted molar refractivity (Wildman–Crippen MR) is 62.1 cm³/mol. The fourth-order valence-corrected chi connectivity index (χ4v) is 1.75. The van der Waals surface area contributed by atoms with Crippen LogP contribution in [0.2, 0.25) is 0 Å². The van der Waals surface area contributed by atoms with Gasteiger partial charge in [0.05, 0.1) is 24.6 Å². The molecule has 0 radical (unpaired) electrons. The molecule has 0 spiro atoms. The molecule has 2 aromatic rings. The van der Waals surface area contributed by atoms with Gasteiger partial charge in [0.25, 0.3) is 0 Å². The van der Waals surface area contributed by atoms with Crippen LogP contribution in [0.1, 0.15) is 15.9 Å². The second kappa shape index (κ2) is 4.87. The highest BCUT2D eigenvalue weighted by atomic mass is 19.4. The monoisotopic (exact) mass is 286 g/mol. The van der Waals surface area contributed by atoms with Gasteiger partial charge < -0.3 is 9.84 Å². The van der Waals surface area contributed by atoms with E-state index in [-0.39, 0.29) is 17.1 Å². The van der Waals surface area contributed by atoms with Crippen molar-refractivity contribution in [2.24, 2.45) is 0 Å². The first-order chi connectivity index (χ1) is 9.36. The van der Waals surface area contributed by atoms with E-state index in [4.69, 9.17) is 9.84 Å². The van der Waals surface area contributed by atoms with Crippen LogP contribution in [0.4, 0.5) is 13.2 Å². The third kappa shape index (κ3) is 2.31. The van der Waals surface area contributed by atoms with Gasteiger partial charge in [-0.05, 0) is 12.1 Å². The number of methoxy groups -OCH3 is 1. The summed E-state index contributed by atoms with van der Waals surface area (Å²) in [5, 5.41) is 12.6. The van der Waals surface area contributed by atoms with Gasteiger partial charge in [0.15, 0.2) is 0 Å². The molecule has 106 valence electrons. The number of nitrogens with zero attached hydrogens (tertiary/aromatic N) is 2. The second-order valence-electron chi connectivity index (χ2n) is 3.80. The van der Waals surface area contributed by atoms with Crippen LogP contribution in [-0.4, -0.2) is 28.0 Å². The Hall–Kier alpha value is -2.51. The van der Waals surface area contributed by atoms with Gasteiger partial charge in [0.1, 0.15) is 5.56 Å². The number of hydrogen-bond acceptors (Lipinski definition) is 3. The number of para-hydroxylation sites is 1. The minimum atomic E-state index is -4.59. The van der Waals surface area contributed by atoms with Gasteiger partial charge in [0, 0.05) is 0 Å². The van der Waals surface area contributed by atoms with Gasteiger partial charge in [-0.3, -0.25) is 0 Å². The molecule has 0 saturated carbocycles. The molecule has 8 heteroatoms. The van der Waals surface area contributed by atoms with Gasteiger partial charge in [-0.15, -0.1) is 0 Å². The van der Waals surface area contributed by atoms with Crippen molar-refractivity contribution < 1.29 is 27.8 Å². The zero-order chi connectivity index (χ0) is 14.9. The minimum Gasteiger partial charge on any atom is -0.480 e. The lowest BCUT2D eigenvalue weighted by molar-refractivity contribution is -0.137. The summed E-state index contributed by atoms with van der Waals surface area (Å²) in [6, 6.07) is 4.70. The van der Waals surface area contributed by atoms with Crippen LogP contribution >= 0.6 is 0 Å². The Morgan fingerprint density at radius 2 is 2.00 bits per heavy atom. The molecule has 0 fully saturated rings. The number of benzene rings is 1. The van der Waals surface area contributed by atoms with Crippen LogP contribution in [0.15, 0.2) is 30.5 Å². The first kappa shape index (κ1) is 13.9. The van der Waals surface area contributed by atoms with Crippen LogP contribution < -0.4 is 4.74 Å². The summed E-state index contributed by atoms with van der Waals surface area (Å²) in [7, 11) is 1.16. The molecule has 2 rings (SSSR count). The van der Waals surface area contributed by atoms with E-state index in [1.54, 1.807) is 0 Å². The van der Waals surface area contributed by atoms with E-state index < -0.39 is 17.7 Å². The predicted octanol–water partition coefficient (Wildman–Crippen LogP) is 2.60. The van der Waals surface area contributed by atoms with Crippen molar-refractivity contribution in [2.75, 3.05) is 7.11 Å². The van der Waals surface area contributed by atoms with Crippen molar-refractivity contribution in [1.82, 2.24) is 9.78 Å². The first-order valence-electron chi connectivity index (χ1n) is 5.38. The molecule has 0 aliphatic heterocycles. The standard InChI is InChI=1S/C12H9F3N2O3/c1-20-10-7(11(18)19)6-16-17(10)9-5-3-2-4-8(9)12(13,14)15/h2-6H,1H3,(H,18,19). The number of hydrogen-bond donors (Lipinski definition) is 1. The molecule has 5 nitrogen and oxygen atoms in total. The van der Waals surface area contributed by atoms with E-state index in [0.29, 0.717) is 0 Å². The number of carbonyl (C=O) groups is 1. The van der Waals surface area contributed by atoms with Crippen molar-refractivity contribution >= 4 is 5.97 Å². The van der Waals surface area contributed by atoms with E-state index in [2.05, 4.69) is 5.10 Å². The highest BCUT2D eigenvalue weighted by molar-refractivity contribution is 5.90. The Labute approximate surface area is 111 Å². The third-order valence-electron chi connectivity index (χ3n) is 2.59. The molecule has 1 aromatic heterocycles. The molecule has 1 N–H and O–H groups in total. The quantitative estimate of drug-likeness (QED) is 0.942. The van der Waals surface area contributed by atoms with Crippen molar-refractivity contribution in [3.05, 3.63) is 41.6 Å². The highest BCUT2D eigenvalue weighted by Gasteiger charge is 2.35. The summed E-state index contributed by atoms with van der Waals surface area (Å²) in [5.41, 5.74) is -1.55. The number of ether oxygens (including phenoxy) is 1. The van der Waals surface area contributed by atoms with Crippen molar-refractivity contribution in [1.29, 1.82) is 0 Å². The van der Waals surface area contributed by atoms with Crippen LogP contribution in [0.3, 0.4) is 0 Å². The molecular weight excluding hydrogens is 277 g/mol. The van der Waals surface area contributed by atoms with Gasteiger partial charge in [-0.25, -0.2) is 4.79 Å². The number of rotatable bonds is 3. The Balaban J connectivity index is 2.67. The SMILES string of the molecule is COc1c(C(=O)O)cnn1-c1ccccc1C(F)(F)F. The number of halogens is 3. The molecule has 1 heterocycles. The molecule has 0 bridgehead atoms. The highest BCUT2D eigenvalue weighted by Crippen LogP contribution is 2.35. The Kier molecular flexibility index (Phi) is 3.39. The maximum Gasteiger partial charge on any atom is 0.418 e. The lowest BCUT2D eigenvalue weighted by Gasteiger charge is -2.14. The van der Waals surface area contributed by atoms with Crippen LogP contribution in [-0.2, 0) is 6.18 Å². The average molecular weight is 286 g/mol. The van der Waals surface area contributed by atoms with E-state index >= 15 is 0 Å². The van der Waals surface area contributed by atoms with Gasteiger partial charge in [-0.2, -0.15) is 23.0 Å². The summed E-state index contributed by atoms with van der Waals surface area (Å²) in [6.07, 6.45) is -3.65. The zero-order valence-corrected chi connectivity index (χ0v) is 10.2. The maximum atomic E-state index is 12.9. The largest absolute Gasteiger partial charge is 0.480 e. The zero-order valence-electron chi connectivity index (χ0n) is 10.2. The molecule has 0 aliphatic carbocycles. The number of alkyl halides is 3. The number of carboxylic acids is 1. The van der Waals surface area contributed by atoms with Gasteiger partial charge in [0.2, 0.25) is 5.88 Å². The summed E-state index contributed by atoms with van der Waals surface area (Å²) in [4.78, 5) is 11.0. The Morgan fingerprint density at radius 3 is 2.55 bits per heavy atom. The van der Waals surface area contributed by atoms with Crippen molar-refractivity contribution in [3.63, 3.8) is 0 Å². The maximum absolute atomic E-state index is 12.9. The van der Waals surface area contributed by atoms with Gasteiger partial charge in [-0.1, -0.05) is 12.1 Å². The topological polar surface area (TPSA) is 64.3 Å². The normalized spacial score (nSPS) is 11.4. The van der Waals surface area contributed by atoms with Crippen molar-refractivity contribution in [2.45, 2.75) is 6.18 Å². The summed E-state index contributed by atoms with van der Waals surface area (Å²) >= 11 is 0. The van der Waals surface area contributed by atoms with E-state index in [1.807, 2.05) is 0 Å². The molecule has 0 atom stereocenters. The first-order valence-corrected chi connectivity index (χ1v) is 5.38. The van der Waals surface area contributed by atoms with E-state index in [9.17, 15) is 18.0 Å². The molecule has 0 saturated heterocycles. The Bertz CT molecular complexity index is 650. The van der Waals surface area contributed by atoms with Crippen molar-refractivity contribution in [3.8, 4) is 11.6 Å². The van der Waals surface area contributed by atoms with Crippen LogP contribution in [0.5, 0.6) is 5.88 Å².